The van der Waals surface area contributed by atoms with Crippen LogP contribution >= 0.6 is 0 Å². The molecule has 5 heteroatoms. The highest BCUT2D eigenvalue weighted by atomic mass is 16.5. The number of hydrogen-bond acceptors (Lipinski definition) is 2. The molecule has 28 heavy (non-hydrogen) atoms. The van der Waals surface area contributed by atoms with E-state index >= 15 is 0 Å². The molecule has 0 atom stereocenters. The Hall–Kier alpha value is -2.79. The molecule has 2 aromatic carbocycles. The van der Waals surface area contributed by atoms with E-state index in [-0.39, 0.29) is 5.91 Å². The highest BCUT2D eigenvalue weighted by Crippen LogP contribution is 2.25. The molecule has 0 bridgehead atoms. The fraction of sp³-hybridized carbons (Fsp3) is 0.348. The van der Waals surface area contributed by atoms with E-state index < -0.39 is 0 Å². The zero-order valence-corrected chi connectivity index (χ0v) is 16.0. The van der Waals surface area contributed by atoms with Crippen LogP contribution in [0.1, 0.15) is 16.7 Å². The van der Waals surface area contributed by atoms with Crippen LogP contribution in [0.5, 0.6) is 5.75 Å². The van der Waals surface area contributed by atoms with E-state index in [1.807, 2.05) is 23.2 Å². The minimum Gasteiger partial charge on any atom is -0.493 e. The molecule has 2 aliphatic heterocycles. The lowest BCUT2D eigenvalue weighted by molar-refractivity contribution is -0.917. The Morgan fingerprint density at radius 1 is 1.14 bits per heavy atom. The van der Waals surface area contributed by atoms with Crippen LogP contribution in [0.25, 0.3) is 10.9 Å². The molecule has 3 aromatic rings. The first-order valence-corrected chi connectivity index (χ1v) is 10.2. The van der Waals surface area contributed by atoms with Gasteiger partial charge in [-0.15, -0.1) is 0 Å². The van der Waals surface area contributed by atoms with Crippen LogP contribution < -0.4 is 9.64 Å². The van der Waals surface area contributed by atoms with Crippen molar-refractivity contribution in [3.63, 3.8) is 0 Å². The first kappa shape index (κ1) is 17.3. The molecule has 0 unspecified atom stereocenters. The number of quaternary nitrogens is 1. The largest absolute Gasteiger partial charge is 0.493 e. The maximum Gasteiger partial charge on any atom is 0.227 e. The molecular formula is C23H26N3O2+. The van der Waals surface area contributed by atoms with Crippen LogP contribution in [0.2, 0.25) is 0 Å². The minimum absolute atomic E-state index is 0.235. The minimum atomic E-state index is 0.235. The van der Waals surface area contributed by atoms with Crippen LogP contribution in [0.3, 0.4) is 0 Å². The average Bonchev–Trinajstić information content (AvgIpc) is 3.35. The molecule has 144 valence electrons. The Kier molecular flexibility index (Phi) is 4.53. The van der Waals surface area contributed by atoms with Crippen molar-refractivity contribution in [3.8, 4) is 5.75 Å². The Balaban J connectivity index is 1.17. The van der Waals surface area contributed by atoms with Crippen LogP contribution in [-0.4, -0.2) is 48.6 Å². The molecule has 0 aliphatic carbocycles. The molecule has 1 amide bonds. The van der Waals surface area contributed by atoms with Gasteiger partial charge in [-0.05, 0) is 35.4 Å². The predicted molar refractivity (Wildman–Crippen MR) is 109 cm³/mol. The fourth-order valence-electron chi connectivity index (χ4n) is 4.44. The molecule has 0 saturated carbocycles. The predicted octanol–water partition coefficient (Wildman–Crippen LogP) is 1.57. The zero-order chi connectivity index (χ0) is 18.9. The third-order valence-corrected chi connectivity index (χ3v) is 6.05. The maximum absolute atomic E-state index is 12.8. The van der Waals surface area contributed by atoms with Crippen LogP contribution in [0, 0.1) is 0 Å². The van der Waals surface area contributed by atoms with Gasteiger partial charge in [0, 0.05) is 29.1 Å². The maximum atomic E-state index is 12.8. The number of amides is 1. The van der Waals surface area contributed by atoms with Crippen molar-refractivity contribution in [1.82, 2.24) is 9.88 Å². The van der Waals surface area contributed by atoms with Gasteiger partial charge < -0.3 is 19.5 Å². The van der Waals surface area contributed by atoms with Gasteiger partial charge in [-0.25, -0.2) is 0 Å². The van der Waals surface area contributed by atoms with Crippen molar-refractivity contribution >= 4 is 16.8 Å². The summed E-state index contributed by atoms with van der Waals surface area (Å²) in [7, 11) is 0. The topological polar surface area (TPSA) is 49.8 Å². The number of carbonyl (C=O) groups excluding carboxylic acids is 1. The quantitative estimate of drug-likeness (QED) is 0.726. The lowest BCUT2D eigenvalue weighted by atomic mass is 10.1. The molecule has 3 heterocycles. The van der Waals surface area contributed by atoms with E-state index in [0.717, 1.165) is 68.0 Å². The van der Waals surface area contributed by atoms with E-state index in [1.54, 1.807) is 4.90 Å². The number of aromatic nitrogens is 1. The number of fused-ring (bicyclic) bond motifs is 2. The van der Waals surface area contributed by atoms with Crippen molar-refractivity contribution in [2.75, 3.05) is 32.8 Å². The van der Waals surface area contributed by atoms with Crippen molar-refractivity contribution < 1.29 is 14.4 Å². The summed E-state index contributed by atoms with van der Waals surface area (Å²) in [5.41, 5.74) is 4.90. The average molecular weight is 376 g/mol. The molecule has 0 spiro atoms. The molecule has 2 aliphatic rings. The molecule has 2 N–H and O–H groups in total. The van der Waals surface area contributed by atoms with Crippen molar-refractivity contribution in [2.24, 2.45) is 0 Å². The molecule has 1 aromatic heterocycles. The highest BCUT2D eigenvalue weighted by Gasteiger charge is 2.25. The van der Waals surface area contributed by atoms with Gasteiger partial charge in [-0.2, -0.15) is 0 Å². The first-order chi connectivity index (χ1) is 13.8. The Labute approximate surface area is 164 Å². The van der Waals surface area contributed by atoms with Gasteiger partial charge in [0.25, 0.3) is 0 Å². The lowest BCUT2D eigenvalue weighted by Gasteiger charge is -2.32. The van der Waals surface area contributed by atoms with Gasteiger partial charge in [-0.1, -0.05) is 18.2 Å². The summed E-state index contributed by atoms with van der Waals surface area (Å²) in [4.78, 5) is 19.6. The summed E-state index contributed by atoms with van der Waals surface area (Å²) in [6.45, 7) is 5.52. The molecule has 0 radical (unpaired) electrons. The second kappa shape index (κ2) is 7.32. The Morgan fingerprint density at radius 2 is 2.00 bits per heavy atom. The third kappa shape index (κ3) is 3.38. The number of para-hydroxylation sites is 1. The normalized spacial score (nSPS) is 16.9. The van der Waals surface area contributed by atoms with Crippen molar-refractivity contribution in [3.05, 3.63) is 65.4 Å². The summed E-state index contributed by atoms with van der Waals surface area (Å²) in [6, 6.07) is 14.8. The van der Waals surface area contributed by atoms with Gasteiger partial charge in [0.2, 0.25) is 5.91 Å². The van der Waals surface area contributed by atoms with E-state index in [1.165, 1.54) is 11.1 Å². The number of benzene rings is 2. The van der Waals surface area contributed by atoms with Gasteiger partial charge in [0.1, 0.15) is 12.3 Å². The number of aromatic amines is 1. The lowest BCUT2D eigenvalue weighted by Crippen LogP contribution is -3.13. The van der Waals surface area contributed by atoms with Gasteiger partial charge in [-0.3, -0.25) is 4.79 Å². The van der Waals surface area contributed by atoms with Crippen LogP contribution in [0.15, 0.2) is 48.7 Å². The Bertz CT molecular complexity index is 1000. The van der Waals surface area contributed by atoms with Gasteiger partial charge >= 0.3 is 0 Å². The fourth-order valence-corrected chi connectivity index (χ4v) is 4.44. The van der Waals surface area contributed by atoms with Crippen LogP contribution in [0.4, 0.5) is 0 Å². The van der Waals surface area contributed by atoms with Crippen molar-refractivity contribution in [2.45, 2.75) is 19.4 Å². The van der Waals surface area contributed by atoms with E-state index in [9.17, 15) is 4.79 Å². The summed E-state index contributed by atoms with van der Waals surface area (Å²) in [5.74, 6) is 1.28. The Morgan fingerprint density at radius 3 is 2.89 bits per heavy atom. The second-order valence-electron chi connectivity index (χ2n) is 7.88. The highest BCUT2D eigenvalue weighted by molar-refractivity contribution is 5.88. The molecule has 1 saturated heterocycles. The van der Waals surface area contributed by atoms with Crippen molar-refractivity contribution in [1.29, 1.82) is 0 Å². The molecule has 5 nitrogen and oxygen atoms in total. The van der Waals surface area contributed by atoms with Gasteiger partial charge in [0.05, 0.1) is 39.2 Å². The second-order valence-corrected chi connectivity index (χ2v) is 7.88. The number of H-pyrrole nitrogens is 1. The number of ether oxygens (including phenoxy) is 1. The standard InChI is InChI=1S/C23H25N3O2/c27-23(14-19-15-24-21-4-2-1-3-20(19)21)26-10-8-25(9-11-26)16-17-5-6-22-18(13-17)7-12-28-22/h1-6,13,15,24H,7-12,14,16H2/p+1. The zero-order valence-electron chi connectivity index (χ0n) is 16.0. The number of rotatable bonds is 4. The van der Waals surface area contributed by atoms with Gasteiger partial charge in [0.15, 0.2) is 0 Å². The summed E-state index contributed by atoms with van der Waals surface area (Å²) < 4.78 is 5.60. The summed E-state index contributed by atoms with van der Waals surface area (Å²) in [6.07, 6.45) is 3.47. The summed E-state index contributed by atoms with van der Waals surface area (Å²) >= 11 is 0. The third-order valence-electron chi connectivity index (χ3n) is 6.05. The van der Waals surface area contributed by atoms with Crippen LogP contribution in [-0.2, 0) is 24.2 Å². The number of hydrogen-bond donors (Lipinski definition) is 2. The number of piperazine rings is 1. The molecule has 5 rings (SSSR count). The van der Waals surface area contributed by atoms with E-state index in [4.69, 9.17) is 4.74 Å². The number of nitrogens with zero attached hydrogens (tertiary/aromatic N) is 1. The monoisotopic (exact) mass is 376 g/mol. The van der Waals surface area contributed by atoms with E-state index in [2.05, 4.69) is 35.3 Å². The number of nitrogens with one attached hydrogen (secondary N) is 2. The first-order valence-electron chi connectivity index (χ1n) is 10.2. The molecule has 1 fully saturated rings. The van der Waals surface area contributed by atoms with E-state index in [0.29, 0.717) is 6.42 Å². The number of carbonyl (C=O) groups is 1. The molecular weight excluding hydrogens is 350 g/mol. The smallest absolute Gasteiger partial charge is 0.227 e. The summed E-state index contributed by atoms with van der Waals surface area (Å²) in [5, 5.41) is 1.15. The SMILES string of the molecule is O=C(Cc1c[nH]c2ccccc12)N1CC[NH+](Cc2ccc3c(c2)CCO3)CC1.